The number of amides is 3. The third kappa shape index (κ3) is 70.7. The van der Waals surface area contributed by atoms with Crippen LogP contribution in [0.4, 0.5) is 4.79 Å². The maximum absolute atomic E-state index is 13.4. The van der Waals surface area contributed by atoms with Gasteiger partial charge in [0.15, 0.2) is 0 Å². The van der Waals surface area contributed by atoms with Gasteiger partial charge in [-0.2, -0.15) is 0 Å². The van der Waals surface area contributed by atoms with E-state index in [1.807, 2.05) is 0 Å². The molecule has 0 fully saturated rings. The zero-order chi connectivity index (χ0) is 72.9. The Morgan fingerprint density at radius 1 is 0.485 bits per heavy atom. The van der Waals surface area contributed by atoms with Gasteiger partial charge in [-0.25, -0.2) is 14.0 Å². The zero-order valence-electron chi connectivity index (χ0n) is 64.5. The van der Waals surface area contributed by atoms with Crippen LogP contribution in [0.25, 0.3) is 0 Å². The lowest BCUT2D eigenvalue weighted by molar-refractivity contribution is -0.123. The molecule has 578 valence electrons. The van der Waals surface area contributed by atoms with Gasteiger partial charge in [-0.3, -0.25) is 23.2 Å². The van der Waals surface area contributed by atoms with Gasteiger partial charge in [0.25, 0.3) is 8.53 Å². The molecule has 0 aliphatic carbocycles. The number of nitrogens with one attached hydrogen (secondary N) is 3. The summed E-state index contributed by atoms with van der Waals surface area (Å²) in [6.07, 6.45) is 45.2. The quantitative estimate of drug-likeness (QED) is 0.0188. The molecule has 97 heavy (non-hydrogen) atoms. The number of alkyl carbamates (subject to hydrolysis) is 1. The Morgan fingerprint density at radius 2 is 0.876 bits per heavy atom. The van der Waals surface area contributed by atoms with Crippen LogP contribution in [0.2, 0.25) is 0 Å². The summed E-state index contributed by atoms with van der Waals surface area (Å²) in [5.74, 6) is -0.139. The Bertz CT molecular complexity index is 1790. The second-order valence-corrected chi connectivity index (χ2v) is 30.7. The Labute approximate surface area is 596 Å². The Balaban J connectivity index is -0.00000156. The topological polar surface area (TPSA) is 242 Å². The van der Waals surface area contributed by atoms with Crippen LogP contribution in [0.5, 0.6) is 0 Å². The minimum atomic E-state index is -4.07. The number of phosphoric acid groups is 1. The number of hydrogen-bond acceptors (Lipinski definition) is 16. The van der Waals surface area contributed by atoms with Crippen molar-refractivity contribution in [2.45, 2.75) is 375 Å². The molecule has 2 unspecified atom stereocenters. The Kier molecular flexibility index (Phi) is 73.8. The molecule has 21 heteroatoms. The normalized spacial score (nSPS) is 13.8. The number of carbonyl (C=O) groups excluding carboxylic acids is 3. The van der Waals surface area contributed by atoms with Crippen LogP contribution in [0, 0.1) is 0 Å². The largest absolute Gasteiger partial charge is 0.475 e. The molecule has 6 N–H and O–H groups in total. The predicted octanol–water partition coefficient (Wildman–Crippen LogP) is 19.4. The maximum atomic E-state index is 13.4. The number of hydrogen-bond donors (Lipinski definition) is 6. The molecule has 0 saturated carbocycles. The summed E-state index contributed by atoms with van der Waals surface area (Å²) in [7, 11) is -5.02. The van der Waals surface area contributed by atoms with E-state index in [2.05, 4.69) is 96.1 Å². The van der Waals surface area contributed by atoms with Crippen molar-refractivity contribution < 1.29 is 71.1 Å². The van der Waals surface area contributed by atoms with E-state index in [0.29, 0.717) is 64.2 Å². The van der Waals surface area contributed by atoms with Crippen LogP contribution in [-0.2, 0) is 51.0 Å². The third-order valence-corrected chi connectivity index (χ3v) is 19.3. The summed E-state index contributed by atoms with van der Waals surface area (Å²) in [5.41, 5.74) is -0.655. The van der Waals surface area contributed by atoms with E-state index < -0.39 is 40.2 Å². The van der Waals surface area contributed by atoms with Crippen molar-refractivity contribution >= 4 is 34.3 Å². The highest BCUT2D eigenvalue weighted by Crippen LogP contribution is 2.49. The number of aliphatic hydroxyl groups is 3. The molecule has 0 radical (unpaired) electrons. The van der Waals surface area contributed by atoms with Crippen molar-refractivity contribution in [3.63, 3.8) is 0 Å². The van der Waals surface area contributed by atoms with E-state index in [-0.39, 0.29) is 63.5 Å². The lowest BCUT2D eigenvalue weighted by atomic mass is 10.1. The highest BCUT2D eigenvalue weighted by atomic mass is 31.2. The van der Waals surface area contributed by atoms with Crippen molar-refractivity contribution in [2.75, 3.05) is 72.6 Å². The van der Waals surface area contributed by atoms with Crippen LogP contribution in [0.3, 0.4) is 0 Å². The fourth-order valence-corrected chi connectivity index (χ4v) is 13.3. The van der Waals surface area contributed by atoms with E-state index in [4.69, 9.17) is 36.8 Å². The molecular weight excluding hydrogens is 1270 g/mol. The van der Waals surface area contributed by atoms with Gasteiger partial charge >= 0.3 is 13.9 Å². The molecule has 0 heterocycles. The highest BCUT2D eigenvalue weighted by Gasteiger charge is 2.30. The van der Waals surface area contributed by atoms with Gasteiger partial charge in [0, 0.05) is 44.7 Å². The van der Waals surface area contributed by atoms with Crippen molar-refractivity contribution in [1.29, 1.82) is 0 Å². The van der Waals surface area contributed by atoms with Gasteiger partial charge in [-0.1, -0.05) is 239 Å². The van der Waals surface area contributed by atoms with Crippen molar-refractivity contribution in [3.05, 3.63) is 25.3 Å². The number of phosphoric ester groups is 1. The van der Waals surface area contributed by atoms with Crippen molar-refractivity contribution in [2.24, 2.45) is 0 Å². The molecule has 0 aromatic rings. The van der Waals surface area contributed by atoms with Crippen LogP contribution in [0.15, 0.2) is 25.3 Å². The van der Waals surface area contributed by atoms with E-state index in [0.717, 1.165) is 77.2 Å². The highest BCUT2D eigenvalue weighted by molar-refractivity contribution is 7.48. The predicted molar refractivity (Wildman–Crippen MR) is 404 cm³/mol. The summed E-state index contributed by atoms with van der Waals surface area (Å²) >= 11 is 0. The molecular formula is C76H154N4O15P2. The molecule has 6 atom stereocenters. The van der Waals surface area contributed by atoms with Gasteiger partial charge in [-0.15, -0.1) is 13.2 Å². The average Bonchev–Trinajstić information content (AvgIpc) is 1.26. The van der Waals surface area contributed by atoms with Gasteiger partial charge in [-0.05, 0) is 93.4 Å². The van der Waals surface area contributed by atoms with E-state index >= 15 is 0 Å². The average molecular weight is 1430 g/mol. The zero-order valence-corrected chi connectivity index (χ0v) is 66.3. The lowest BCUT2D eigenvalue weighted by Crippen LogP contribution is -2.41. The molecule has 0 rings (SSSR count). The minimum absolute atomic E-state index is 0.00399. The molecule has 19 nitrogen and oxygen atoms in total. The Morgan fingerprint density at radius 3 is 1.26 bits per heavy atom. The summed E-state index contributed by atoms with van der Waals surface area (Å²) in [5, 5.41) is 38.2. The molecule has 0 aliphatic rings. The SMILES string of the molecule is C=CCOP(=O)(OCCNC(=O)OC(C)(C)C)OC[C@H](COCC[C@H](O)CCCCCCC)NC(=O)CCCCCCCCCCCCC.C=CCOP(OCCC)N(C(C)C)C(C)C.CCCCCCCCCCCCCC(=O)N[C@H](CO)COCC[C@H](O)CCCCCCC. The van der Waals surface area contributed by atoms with Gasteiger partial charge < -0.3 is 54.5 Å². The smallest absolute Gasteiger partial charge is 0.444 e. The first-order valence-electron chi connectivity index (χ1n) is 38.9. The van der Waals surface area contributed by atoms with E-state index in [9.17, 15) is 34.3 Å². The van der Waals surface area contributed by atoms with Crippen molar-refractivity contribution in [1.82, 2.24) is 20.6 Å². The minimum Gasteiger partial charge on any atom is -0.444 e. The number of rotatable bonds is 68. The van der Waals surface area contributed by atoms with Crippen molar-refractivity contribution in [3.8, 4) is 0 Å². The fourth-order valence-electron chi connectivity index (χ4n) is 10.4. The molecule has 0 saturated heterocycles. The molecule has 0 spiro atoms. The van der Waals surface area contributed by atoms with Crippen LogP contribution in [-0.4, -0.2) is 152 Å². The molecule has 0 bridgehead atoms. The number of unbranched alkanes of at least 4 members (excludes halogenated alkanes) is 28. The summed E-state index contributed by atoms with van der Waals surface area (Å²) < 4.78 is 60.2. The first-order valence-corrected chi connectivity index (χ1v) is 41.5. The van der Waals surface area contributed by atoms with Gasteiger partial charge in [0.05, 0.1) is 77.1 Å². The lowest BCUT2D eigenvalue weighted by Gasteiger charge is -2.35. The second kappa shape index (κ2) is 72.3. The number of carbonyl (C=O) groups is 3. The van der Waals surface area contributed by atoms with Gasteiger partial charge in [0.1, 0.15) is 5.60 Å². The van der Waals surface area contributed by atoms with Gasteiger partial charge in [0.2, 0.25) is 11.8 Å². The number of ether oxygens (including phenoxy) is 3. The summed E-state index contributed by atoms with van der Waals surface area (Å²) in [6.45, 7) is 34.1. The summed E-state index contributed by atoms with van der Waals surface area (Å²) in [4.78, 5) is 36.9. The first kappa shape index (κ1) is 99.1. The first-order chi connectivity index (χ1) is 46.6. The summed E-state index contributed by atoms with van der Waals surface area (Å²) in [6, 6.07) is -0.127. The standard InChI is InChI=1S/C37H73N2O9P.C27H55NO4.C12H26NO2P/c1-7-10-12-14-15-16-17-18-19-21-23-25-35(41)39-33(31-44-29-26-34(40)24-22-20-13-11-8-2)32-47-49(43,45-28-9-3)46-30-27-38-36(42)48-37(4,5)6;1-3-5-7-9-10-11-12-13-14-16-18-20-27(31)28-25(23-29)24-32-22-21-26(30)19-17-15-8-6-4-2;1-7-9-14-16(15-10-8-2)13(11(3)4)12(5)6/h9,33-34,40H,3,7-8,10-32H2,1-2,4-6H3,(H,38,42)(H,39,41);25-26,29-30H,3-24H2,1-2H3,(H,28,31);7,11-12H,1,8-10H2,2-6H3/t33-,34+,49?;25-,26-;/m01./s1. The number of aliphatic hydroxyl groups excluding tert-OH is 3. The monoisotopic (exact) mass is 1430 g/mol. The van der Waals surface area contributed by atoms with Crippen LogP contribution >= 0.6 is 16.3 Å². The van der Waals surface area contributed by atoms with E-state index in [1.165, 1.54) is 160 Å². The number of nitrogens with zero attached hydrogens (tertiary/aromatic N) is 1. The fraction of sp³-hybridized carbons (Fsp3) is 0.908. The van der Waals surface area contributed by atoms with Crippen LogP contribution < -0.4 is 16.0 Å². The molecule has 0 aliphatic heterocycles. The molecule has 0 aromatic carbocycles. The second-order valence-electron chi connectivity index (χ2n) is 27.5. The maximum Gasteiger partial charge on any atom is 0.475 e. The Hall–Kier alpha value is -2.09. The van der Waals surface area contributed by atoms with Crippen LogP contribution in [0.1, 0.15) is 333 Å². The molecule has 0 aromatic heterocycles. The third-order valence-electron chi connectivity index (χ3n) is 15.8. The van der Waals surface area contributed by atoms with E-state index in [1.54, 1.807) is 26.8 Å². The molecule has 3 amide bonds.